The number of rotatable bonds is 2. The zero-order chi connectivity index (χ0) is 5.91. The molecule has 1 atom stereocenters. The maximum Gasteiger partial charge on any atom is 0.125 e. The quantitative estimate of drug-likeness (QED) is 0.264. The molecule has 1 unspecified atom stereocenters. The summed E-state index contributed by atoms with van der Waals surface area (Å²) >= 11 is 0. The van der Waals surface area contributed by atoms with Crippen LogP contribution in [0.2, 0.25) is 0 Å². The van der Waals surface area contributed by atoms with Gasteiger partial charge in [0.15, 0.2) is 0 Å². The molecular weight excluding hydrogens is 119 g/mol. The second kappa shape index (κ2) is 2.43. The summed E-state index contributed by atoms with van der Waals surface area (Å²) < 4.78 is 12.7. The van der Waals surface area contributed by atoms with Crippen molar-refractivity contribution in [1.82, 2.24) is 0 Å². The van der Waals surface area contributed by atoms with Crippen molar-refractivity contribution in [2.45, 2.75) is 6.92 Å². The van der Waals surface area contributed by atoms with E-state index in [0.29, 0.717) is 0 Å². The van der Waals surface area contributed by atoms with E-state index in [1.807, 2.05) is 0 Å². The van der Waals surface area contributed by atoms with E-state index in [9.17, 15) is 9.46 Å². The van der Waals surface area contributed by atoms with Crippen LogP contribution in [0.4, 0.5) is 0 Å². The zero-order valence-corrected chi connectivity index (χ0v) is 4.68. The standard InChI is InChI=1S/C2H7O4P/c1-2-7(4,5)6-3/h3H,2H2,1H3,(H,4,5)/p-2. The van der Waals surface area contributed by atoms with Gasteiger partial charge in [0, 0.05) is 6.16 Å². The smallest absolute Gasteiger partial charge is 0.125 e. The highest BCUT2D eigenvalue weighted by atomic mass is 31.2. The highest BCUT2D eigenvalue weighted by Gasteiger charge is 1.93. The van der Waals surface area contributed by atoms with Gasteiger partial charge in [-0.15, -0.1) is 0 Å². The van der Waals surface area contributed by atoms with Crippen LogP contribution in [0.3, 0.4) is 0 Å². The SMILES string of the molecule is CCP(=O)([O-])O[O-]. The molecule has 0 rings (SSSR count). The third-order valence-electron chi connectivity index (χ3n) is 0.501. The maximum absolute atomic E-state index is 9.86. The fourth-order valence-corrected chi connectivity index (χ4v) is 0.158. The van der Waals surface area contributed by atoms with Crippen molar-refractivity contribution < 1.29 is 19.4 Å². The first kappa shape index (κ1) is 7.11. The van der Waals surface area contributed by atoms with Crippen LogP contribution in [-0.2, 0) is 9.24 Å². The first-order chi connectivity index (χ1) is 3.12. The first-order valence-corrected chi connectivity index (χ1v) is 3.47. The second-order valence-corrected chi connectivity index (χ2v) is 3.01. The second-order valence-electron chi connectivity index (χ2n) is 1.00. The molecule has 0 aromatic carbocycles. The fourth-order valence-electron chi connectivity index (χ4n) is 0.0527. The van der Waals surface area contributed by atoms with E-state index < -0.39 is 7.60 Å². The Hall–Kier alpha value is 0.110. The molecule has 7 heavy (non-hydrogen) atoms. The minimum atomic E-state index is -3.96. The highest BCUT2D eigenvalue weighted by molar-refractivity contribution is 7.51. The van der Waals surface area contributed by atoms with E-state index in [4.69, 9.17) is 5.26 Å². The molecule has 0 aromatic rings. The molecule has 0 bridgehead atoms. The minimum absolute atomic E-state index is 0.240. The predicted octanol–water partition coefficient (Wildman–Crippen LogP) is -1.15. The molecular formula is C2H5O4P-2. The van der Waals surface area contributed by atoms with Crippen LogP contribution in [0.25, 0.3) is 0 Å². The Labute approximate surface area is 41.2 Å². The maximum atomic E-state index is 9.86. The van der Waals surface area contributed by atoms with Crippen LogP contribution >= 0.6 is 7.60 Å². The Bertz CT molecular complexity index is 81.7. The van der Waals surface area contributed by atoms with Crippen LogP contribution in [0.5, 0.6) is 0 Å². The predicted molar refractivity (Wildman–Crippen MR) is 19.2 cm³/mol. The Morgan fingerprint density at radius 2 is 2.29 bits per heavy atom. The highest BCUT2D eigenvalue weighted by Crippen LogP contribution is 2.32. The largest absolute Gasteiger partial charge is 0.779 e. The summed E-state index contributed by atoms with van der Waals surface area (Å²) in [5, 5.41) is 9.11. The summed E-state index contributed by atoms with van der Waals surface area (Å²) in [4.78, 5) is 9.86. The Kier molecular flexibility index (Phi) is 2.46. The summed E-state index contributed by atoms with van der Waals surface area (Å²) in [6.45, 7) is 1.34. The Balaban J connectivity index is 3.61. The van der Waals surface area contributed by atoms with Crippen molar-refractivity contribution in [3.05, 3.63) is 0 Å². The summed E-state index contributed by atoms with van der Waals surface area (Å²) in [6, 6.07) is 0. The van der Waals surface area contributed by atoms with Gasteiger partial charge in [0.05, 0.1) is 0 Å². The molecule has 4 nitrogen and oxygen atoms in total. The third kappa shape index (κ3) is 2.76. The molecule has 0 spiro atoms. The Morgan fingerprint density at radius 1 is 1.86 bits per heavy atom. The number of hydrogen-bond donors (Lipinski definition) is 0. The van der Waals surface area contributed by atoms with Crippen molar-refractivity contribution in [3.8, 4) is 0 Å². The van der Waals surface area contributed by atoms with Gasteiger partial charge in [0.1, 0.15) is 7.60 Å². The summed E-state index contributed by atoms with van der Waals surface area (Å²) in [7, 11) is -3.96. The van der Waals surface area contributed by atoms with Crippen molar-refractivity contribution >= 4 is 7.60 Å². The monoisotopic (exact) mass is 124 g/mol. The zero-order valence-electron chi connectivity index (χ0n) is 3.79. The van der Waals surface area contributed by atoms with Gasteiger partial charge in [-0.3, -0.25) is 0 Å². The van der Waals surface area contributed by atoms with Crippen molar-refractivity contribution in [3.63, 3.8) is 0 Å². The van der Waals surface area contributed by atoms with E-state index in [1.165, 1.54) is 6.92 Å². The van der Waals surface area contributed by atoms with Gasteiger partial charge in [-0.1, -0.05) is 6.92 Å². The van der Waals surface area contributed by atoms with E-state index in [1.54, 1.807) is 0 Å². The molecule has 0 aliphatic rings. The lowest BCUT2D eigenvalue weighted by molar-refractivity contribution is -0.647. The molecule has 0 fully saturated rings. The summed E-state index contributed by atoms with van der Waals surface area (Å²) in [5.74, 6) is 0. The minimum Gasteiger partial charge on any atom is -0.779 e. The summed E-state index contributed by atoms with van der Waals surface area (Å²) in [5.41, 5.74) is 0. The lowest BCUT2D eigenvalue weighted by atomic mass is 11.0. The molecule has 0 amide bonds. The van der Waals surface area contributed by atoms with Gasteiger partial charge in [-0.2, -0.15) is 0 Å². The molecule has 0 N–H and O–H groups in total. The number of hydrogen-bond acceptors (Lipinski definition) is 4. The van der Waals surface area contributed by atoms with Gasteiger partial charge in [-0.05, 0) is 0 Å². The van der Waals surface area contributed by atoms with E-state index >= 15 is 0 Å². The van der Waals surface area contributed by atoms with Crippen molar-refractivity contribution in [2.75, 3.05) is 6.16 Å². The van der Waals surface area contributed by atoms with Crippen molar-refractivity contribution in [2.24, 2.45) is 0 Å². The van der Waals surface area contributed by atoms with E-state index in [0.717, 1.165) is 0 Å². The normalized spacial score (nSPS) is 18.7. The van der Waals surface area contributed by atoms with E-state index in [2.05, 4.69) is 4.67 Å². The van der Waals surface area contributed by atoms with Crippen LogP contribution < -0.4 is 10.2 Å². The molecule has 44 valence electrons. The molecule has 0 saturated carbocycles. The molecule has 0 aliphatic carbocycles. The van der Waals surface area contributed by atoms with Crippen LogP contribution in [-0.4, -0.2) is 6.16 Å². The lowest BCUT2D eigenvalue weighted by Crippen LogP contribution is -2.13. The van der Waals surface area contributed by atoms with Crippen LogP contribution in [0.1, 0.15) is 6.92 Å². The topological polar surface area (TPSA) is 72.4 Å². The van der Waals surface area contributed by atoms with Crippen LogP contribution in [0.15, 0.2) is 0 Å². The van der Waals surface area contributed by atoms with Gasteiger partial charge in [-0.25, -0.2) is 0 Å². The van der Waals surface area contributed by atoms with Gasteiger partial charge in [0.2, 0.25) is 0 Å². The molecule has 0 heterocycles. The average molecular weight is 124 g/mol. The van der Waals surface area contributed by atoms with Crippen molar-refractivity contribution in [1.29, 1.82) is 0 Å². The molecule has 0 aliphatic heterocycles. The van der Waals surface area contributed by atoms with Gasteiger partial charge in [0.25, 0.3) is 0 Å². The summed E-state index contributed by atoms with van der Waals surface area (Å²) in [6.07, 6.45) is -0.240. The van der Waals surface area contributed by atoms with Crippen LogP contribution in [0, 0.1) is 0 Å². The van der Waals surface area contributed by atoms with Gasteiger partial charge >= 0.3 is 0 Å². The Morgan fingerprint density at radius 3 is 2.29 bits per heavy atom. The average Bonchev–Trinajstić information content (AvgIpc) is 1.68. The molecule has 0 aromatic heterocycles. The molecule has 0 radical (unpaired) electrons. The third-order valence-corrected chi connectivity index (χ3v) is 1.50. The molecule has 0 saturated heterocycles. The first-order valence-electron chi connectivity index (χ1n) is 1.74. The fraction of sp³-hybridized carbons (Fsp3) is 1.00. The van der Waals surface area contributed by atoms with Gasteiger partial charge < -0.3 is 19.4 Å². The van der Waals surface area contributed by atoms with E-state index in [-0.39, 0.29) is 6.16 Å². The molecule has 5 heteroatoms. The lowest BCUT2D eigenvalue weighted by Gasteiger charge is -2.24.